The monoisotopic (exact) mass is 282 g/mol. The fourth-order valence-corrected chi connectivity index (χ4v) is 1.72. The first-order valence-corrected chi connectivity index (χ1v) is 5.25. The Bertz CT molecular complexity index is 223. The molecule has 14 heavy (non-hydrogen) atoms. The molecule has 1 amide bonds. The topological polar surface area (TPSA) is 55.1 Å². The third-order valence-electron chi connectivity index (χ3n) is 2.30. The maximum atomic E-state index is 11.5. The summed E-state index contributed by atoms with van der Waals surface area (Å²) in [7, 11) is 0. The van der Waals surface area contributed by atoms with Gasteiger partial charge in [0.1, 0.15) is 0 Å². The van der Waals surface area contributed by atoms with Gasteiger partial charge in [0.2, 0.25) is 5.91 Å². The van der Waals surface area contributed by atoms with Crippen molar-refractivity contribution in [3.8, 4) is 0 Å². The molecule has 0 aromatic rings. The standard InChI is InChI=1S/C9H15BrN2O.ClH/c1-6(10)5-12-9(13)7-2-3-8(11)4-7;/h7-8H,1-5,11H2,(H,12,13);1H. The summed E-state index contributed by atoms with van der Waals surface area (Å²) in [6, 6.07) is 0.211. The molecule has 3 nitrogen and oxygen atoms in total. The van der Waals surface area contributed by atoms with E-state index < -0.39 is 0 Å². The maximum Gasteiger partial charge on any atom is 0.223 e. The number of hydrogen-bond acceptors (Lipinski definition) is 2. The van der Waals surface area contributed by atoms with Crippen molar-refractivity contribution in [3.63, 3.8) is 0 Å². The van der Waals surface area contributed by atoms with Crippen molar-refractivity contribution in [1.82, 2.24) is 5.32 Å². The van der Waals surface area contributed by atoms with E-state index in [4.69, 9.17) is 5.73 Å². The number of carbonyl (C=O) groups is 1. The number of carbonyl (C=O) groups excluding carboxylic acids is 1. The van der Waals surface area contributed by atoms with Gasteiger partial charge in [-0.3, -0.25) is 4.79 Å². The van der Waals surface area contributed by atoms with Crippen LogP contribution in [0.5, 0.6) is 0 Å². The first kappa shape index (κ1) is 13.9. The van der Waals surface area contributed by atoms with Gasteiger partial charge in [-0.15, -0.1) is 12.4 Å². The Kier molecular flexibility index (Phi) is 6.40. The third kappa shape index (κ3) is 4.44. The number of nitrogens with one attached hydrogen (secondary N) is 1. The molecule has 1 rings (SSSR count). The van der Waals surface area contributed by atoms with Crippen molar-refractivity contribution in [2.45, 2.75) is 25.3 Å². The predicted molar refractivity (Wildman–Crippen MR) is 63.6 cm³/mol. The minimum atomic E-state index is 0. The average molecular weight is 284 g/mol. The molecule has 0 saturated heterocycles. The SMILES string of the molecule is C=C(Br)CNC(=O)C1CCC(N)C1.Cl. The van der Waals surface area contributed by atoms with Gasteiger partial charge >= 0.3 is 0 Å². The Morgan fingerprint density at radius 1 is 1.57 bits per heavy atom. The van der Waals surface area contributed by atoms with Gasteiger partial charge in [0.25, 0.3) is 0 Å². The van der Waals surface area contributed by atoms with Crippen LogP contribution in [-0.4, -0.2) is 18.5 Å². The zero-order valence-corrected chi connectivity index (χ0v) is 10.4. The molecule has 2 unspecified atom stereocenters. The quantitative estimate of drug-likeness (QED) is 0.826. The van der Waals surface area contributed by atoms with Gasteiger partial charge in [0.15, 0.2) is 0 Å². The molecule has 0 bridgehead atoms. The van der Waals surface area contributed by atoms with E-state index in [9.17, 15) is 4.79 Å². The van der Waals surface area contributed by atoms with E-state index >= 15 is 0 Å². The summed E-state index contributed by atoms with van der Waals surface area (Å²) >= 11 is 3.19. The summed E-state index contributed by atoms with van der Waals surface area (Å²) in [5, 5.41) is 2.80. The highest BCUT2D eigenvalue weighted by atomic mass is 79.9. The minimum absolute atomic E-state index is 0. The molecule has 0 heterocycles. The van der Waals surface area contributed by atoms with Gasteiger partial charge in [0, 0.05) is 23.0 Å². The molecule has 1 saturated carbocycles. The van der Waals surface area contributed by atoms with Crippen LogP contribution in [-0.2, 0) is 4.79 Å². The number of nitrogens with two attached hydrogens (primary N) is 1. The Hall–Kier alpha value is -0.0600. The lowest BCUT2D eigenvalue weighted by Crippen LogP contribution is -2.31. The predicted octanol–water partition coefficient (Wildman–Crippen LogP) is 1.56. The van der Waals surface area contributed by atoms with Crippen LogP contribution in [0.3, 0.4) is 0 Å². The van der Waals surface area contributed by atoms with E-state index in [1.54, 1.807) is 0 Å². The molecule has 1 fully saturated rings. The number of rotatable bonds is 3. The number of amides is 1. The molecule has 0 aromatic heterocycles. The maximum absolute atomic E-state index is 11.5. The van der Waals surface area contributed by atoms with E-state index in [2.05, 4.69) is 27.8 Å². The Labute approximate surface area is 99.0 Å². The molecule has 0 radical (unpaired) electrons. The second-order valence-corrected chi connectivity index (χ2v) is 4.63. The third-order valence-corrected chi connectivity index (χ3v) is 2.58. The van der Waals surface area contributed by atoms with Crippen molar-refractivity contribution in [1.29, 1.82) is 0 Å². The van der Waals surface area contributed by atoms with Crippen molar-refractivity contribution in [2.24, 2.45) is 11.7 Å². The first-order valence-electron chi connectivity index (χ1n) is 4.46. The van der Waals surface area contributed by atoms with Gasteiger partial charge in [-0.2, -0.15) is 0 Å². The average Bonchev–Trinajstić information content (AvgIpc) is 2.47. The Morgan fingerprint density at radius 2 is 2.21 bits per heavy atom. The number of hydrogen-bond donors (Lipinski definition) is 2. The van der Waals surface area contributed by atoms with Crippen molar-refractivity contribution < 1.29 is 4.79 Å². The molecule has 2 atom stereocenters. The second-order valence-electron chi connectivity index (χ2n) is 3.51. The second kappa shape index (κ2) is 6.43. The summed E-state index contributed by atoms with van der Waals surface area (Å²) in [6.07, 6.45) is 2.70. The lowest BCUT2D eigenvalue weighted by Gasteiger charge is -2.09. The molecule has 82 valence electrons. The smallest absolute Gasteiger partial charge is 0.223 e. The highest BCUT2D eigenvalue weighted by molar-refractivity contribution is 9.11. The Balaban J connectivity index is 0.00000169. The van der Waals surface area contributed by atoms with E-state index in [1.165, 1.54) is 0 Å². The van der Waals surface area contributed by atoms with Gasteiger partial charge < -0.3 is 11.1 Å². The van der Waals surface area contributed by atoms with Crippen LogP contribution < -0.4 is 11.1 Å². The normalized spacial score (nSPS) is 25.3. The van der Waals surface area contributed by atoms with E-state index in [0.29, 0.717) is 6.54 Å². The van der Waals surface area contributed by atoms with Gasteiger partial charge in [-0.25, -0.2) is 0 Å². The molecular weight excluding hydrogens is 267 g/mol. The van der Waals surface area contributed by atoms with E-state index in [0.717, 1.165) is 23.7 Å². The summed E-state index contributed by atoms with van der Waals surface area (Å²) in [6.45, 7) is 4.15. The molecule has 0 aromatic carbocycles. The van der Waals surface area contributed by atoms with Gasteiger partial charge in [-0.1, -0.05) is 22.5 Å². The molecule has 0 spiro atoms. The van der Waals surface area contributed by atoms with Crippen LogP contribution in [0.1, 0.15) is 19.3 Å². The minimum Gasteiger partial charge on any atom is -0.351 e. The lowest BCUT2D eigenvalue weighted by atomic mass is 10.1. The molecular formula is C9H16BrClN2O. The molecule has 1 aliphatic carbocycles. The molecule has 3 N–H and O–H groups in total. The fourth-order valence-electron chi connectivity index (χ4n) is 1.58. The summed E-state index contributed by atoms with van der Waals surface area (Å²) < 4.78 is 0.795. The van der Waals surface area contributed by atoms with Crippen molar-refractivity contribution in [2.75, 3.05) is 6.54 Å². The highest BCUT2D eigenvalue weighted by Crippen LogP contribution is 2.23. The van der Waals surface area contributed by atoms with Crippen LogP contribution in [0, 0.1) is 5.92 Å². The molecule has 1 aliphatic rings. The van der Waals surface area contributed by atoms with Crippen molar-refractivity contribution in [3.05, 3.63) is 11.1 Å². The molecule has 5 heteroatoms. The van der Waals surface area contributed by atoms with Gasteiger partial charge in [-0.05, 0) is 19.3 Å². The van der Waals surface area contributed by atoms with Gasteiger partial charge in [0.05, 0.1) is 0 Å². The van der Waals surface area contributed by atoms with E-state index in [1.807, 2.05) is 0 Å². The fraction of sp³-hybridized carbons (Fsp3) is 0.667. The summed E-state index contributed by atoms with van der Waals surface area (Å²) in [4.78, 5) is 11.5. The van der Waals surface area contributed by atoms with Crippen LogP contribution in [0.25, 0.3) is 0 Å². The van der Waals surface area contributed by atoms with Crippen LogP contribution in [0.4, 0.5) is 0 Å². The molecule has 0 aliphatic heterocycles. The number of halogens is 2. The first-order chi connectivity index (χ1) is 6.09. The van der Waals surface area contributed by atoms with Crippen LogP contribution >= 0.6 is 28.3 Å². The zero-order chi connectivity index (χ0) is 9.84. The Morgan fingerprint density at radius 3 is 2.64 bits per heavy atom. The van der Waals surface area contributed by atoms with E-state index in [-0.39, 0.29) is 30.3 Å². The summed E-state index contributed by atoms with van der Waals surface area (Å²) in [5.74, 6) is 0.218. The van der Waals surface area contributed by atoms with Crippen LogP contribution in [0.15, 0.2) is 11.1 Å². The highest BCUT2D eigenvalue weighted by Gasteiger charge is 2.27. The zero-order valence-electron chi connectivity index (χ0n) is 7.96. The largest absolute Gasteiger partial charge is 0.351 e. The van der Waals surface area contributed by atoms with Crippen molar-refractivity contribution >= 4 is 34.2 Å². The summed E-state index contributed by atoms with van der Waals surface area (Å²) in [5.41, 5.74) is 5.71. The van der Waals surface area contributed by atoms with Crippen LogP contribution in [0.2, 0.25) is 0 Å². The lowest BCUT2D eigenvalue weighted by molar-refractivity contribution is -0.124.